The molecule has 2 aliphatic heterocycles. The molecule has 172 valence electrons. The Morgan fingerprint density at radius 1 is 1.03 bits per heavy atom. The van der Waals surface area contributed by atoms with Crippen LogP contribution in [0, 0.1) is 0 Å². The highest BCUT2D eigenvalue weighted by atomic mass is 32.2. The van der Waals surface area contributed by atoms with E-state index >= 15 is 0 Å². The summed E-state index contributed by atoms with van der Waals surface area (Å²) in [6, 6.07) is 13.7. The molecule has 32 heavy (non-hydrogen) atoms. The van der Waals surface area contributed by atoms with Gasteiger partial charge in [0.05, 0.1) is 11.5 Å². The van der Waals surface area contributed by atoms with Crippen LogP contribution < -0.4 is 14.2 Å². The van der Waals surface area contributed by atoms with Crippen molar-refractivity contribution in [3.8, 4) is 17.2 Å². The van der Waals surface area contributed by atoms with Crippen molar-refractivity contribution in [3.05, 3.63) is 48.5 Å². The van der Waals surface area contributed by atoms with Crippen LogP contribution >= 0.6 is 0 Å². The Kier molecular flexibility index (Phi) is 6.86. The number of piperazine rings is 1. The SMILES string of the molecule is CCCCOc1ccc(S(=O)(=O)N2CCN(C(=O)C3COc4ccccc4O3)CC2)cc1. The summed E-state index contributed by atoms with van der Waals surface area (Å²) in [6.07, 6.45) is 1.26. The molecule has 2 aliphatic rings. The van der Waals surface area contributed by atoms with Crippen LogP contribution in [0.1, 0.15) is 19.8 Å². The number of hydrogen-bond acceptors (Lipinski definition) is 6. The molecule has 1 unspecified atom stereocenters. The zero-order valence-electron chi connectivity index (χ0n) is 18.1. The quantitative estimate of drug-likeness (QED) is 0.591. The molecule has 2 aromatic rings. The largest absolute Gasteiger partial charge is 0.494 e. The van der Waals surface area contributed by atoms with Crippen LogP contribution in [0.4, 0.5) is 0 Å². The summed E-state index contributed by atoms with van der Waals surface area (Å²) >= 11 is 0. The van der Waals surface area contributed by atoms with Crippen molar-refractivity contribution in [3.63, 3.8) is 0 Å². The zero-order chi connectivity index (χ0) is 22.6. The van der Waals surface area contributed by atoms with Gasteiger partial charge in [0, 0.05) is 26.2 Å². The van der Waals surface area contributed by atoms with Crippen LogP contribution in [0.2, 0.25) is 0 Å². The number of rotatable bonds is 7. The lowest BCUT2D eigenvalue weighted by Gasteiger charge is -2.36. The van der Waals surface area contributed by atoms with Gasteiger partial charge in [-0.1, -0.05) is 25.5 Å². The molecule has 1 atom stereocenters. The van der Waals surface area contributed by atoms with E-state index in [-0.39, 0.29) is 30.5 Å². The van der Waals surface area contributed by atoms with Gasteiger partial charge in [-0.05, 0) is 42.8 Å². The summed E-state index contributed by atoms with van der Waals surface area (Å²) < 4.78 is 44.5. The van der Waals surface area contributed by atoms with Gasteiger partial charge in [0.1, 0.15) is 12.4 Å². The number of para-hydroxylation sites is 2. The van der Waals surface area contributed by atoms with Gasteiger partial charge in [0.25, 0.3) is 5.91 Å². The maximum atomic E-state index is 13.0. The number of nitrogens with zero attached hydrogens (tertiary/aromatic N) is 2. The highest BCUT2D eigenvalue weighted by Gasteiger charge is 2.35. The Morgan fingerprint density at radius 3 is 2.41 bits per heavy atom. The van der Waals surface area contributed by atoms with E-state index in [2.05, 4.69) is 6.92 Å². The van der Waals surface area contributed by atoms with Gasteiger partial charge in [-0.25, -0.2) is 8.42 Å². The predicted molar refractivity (Wildman–Crippen MR) is 119 cm³/mol. The Balaban J connectivity index is 1.33. The van der Waals surface area contributed by atoms with E-state index in [1.165, 1.54) is 4.31 Å². The number of amides is 1. The summed E-state index contributed by atoms with van der Waals surface area (Å²) in [4.78, 5) is 14.7. The molecule has 4 rings (SSSR count). The smallest absolute Gasteiger partial charge is 0.267 e. The average Bonchev–Trinajstić information content (AvgIpc) is 2.84. The Hall–Kier alpha value is -2.78. The third-order valence-electron chi connectivity index (χ3n) is 5.56. The molecule has 1 amide bonds. The Morgan fingerprint density at radius 2 is 1.72 bits per heavy atom. The average molecular weight is 461 g/mol. The number of carbonyl (C=O) groups is 1. The van der Waals surface area contributed by atoms with Crippen molar-refractivity contribution in [2.45, 2.75) is 30.8 Å². The van der Waals surface area contributed by atoms with E-state index < -0.39 is 16.1 Å². The molecule has 0 N–H and O–H groups in total. The van der Waals surface area contributed by atoms with E-state index in [0.29, 0.717) is 36.9 Å². The number of fused-ring (bicyclic) bond motifs is 1. The van der Waals surface area contributed by atoms with Crippen molar-refractivity contribution >= 4 is 15.9 Å². The van der Waals surface area contributed by atoms with Gasteiger partial charge < -0.3 is 19.1 Å². The second kappa shape index (κ2) is 9.79. The van der Waals surface area contributed by atoms with Crippen molar-refractivity contribution in [2.75, 3.05) is 39.4 Å². The molecular weight excluding hydrogens is 432 g/mol. The van der Waals surface area contributed by atoms with Crippen LogP contribution in [-0.4, -0.2) is 69.0 Å². The minimum atomic E-state index is -3.63. The van der Waals surface area contributed by atoms with Crippen LogP contribution in [0.15, 0.2) is 53.4 Å². The number of benzene rings is 2. The normalized spacial score (nSPS) is 18.9. The summed E-state index contributed by atoms with van der Waals surface area (Å²) in [6.45, 7) is 3.90. The lowest BCUT2D eigenvalue weighted by atomic mass is 10.2. The van der Waals surface area contributed by atoms with E-state index in [4.69, 9.17) is 14.2 Å². The molecule has 9 heteroatoms. The highest BCUT2D eigenvalue weighted by molar-refractivity contribution is 7.89. The van der Waals surface area contributed by atoms with Gasteiger partial charge >= 0.3 is 0 Å². The first kappa shape index (κ1) is 22.4. The standard InChI is InChI=1S/C23H28N2O6S/c1-2-3-16-29-18-8-10-19(11-9-18)32(27,28)25-14-12-24(13-15-25)23(26)22-17-30-20-6-4-5-7-21(20)31-22/h4-11,22H,2-3,12-17H2,1H3. The fourth-order valence-corrected chi connectivity index (χ4v) is 5.11. The first-order chi connectivity index (χ1) is 15.5. The van der Waals surface area contributed by atoms with E-state index in [0.717, 1.165) is 12.8 Å². The fraction of sp³-hybridized carbons (Fsp3) is 0.435. The van der Waals surface area contributed by atoms with Gasteiger partial charge in [-0.15, -0.1) is 0 Å². The topological polar surface area (TPSA) is 85.4 Å². The molecule has 0 radical (unpaired) electrons. The van der Waals surface area contributed by atoms with Gasteiger partial charge in [-0.3, -0.25) is 4.79 Å². The zero-order valence-corrected chi connectivity index (χ0v) is 18.9. The van der Waals surface area contributed by atoms with E-state index in [1.807, 2.05) is 12.1 Å². The lowest BCUT2D eigenvalue weighted by Crippen LogP contribution is -2.55. The molecule has 1 fully saturated rings. The fourth-order valence-electron chi connectivity index (χ4n) is 3.68. The van der Waals surface area contributed by atoms with Crippen molar-refractivity contribution < 1.29 is 27.4 Å². The monoisotopic (exact) mass is 460 g/mol. The van der Waals surface area contributed by atoms with E-state index in [9.17, 15) is 13.2 Å². The highest BCUT2D eigenvalue weighted by Crippen LogP contribution is 2.31. The molecular formula is C23H28N2O6S. The summed E-state index contributed by atoms with van der Waals surface area (Å²) in [5.74, 6) is 1.63. The molecule has 0 bridgehead atoms. The lowest BCUT2D eigenvalue weighted by molar-refractivity contribution is -0.142. The molecule has 0 aromatic heterocycles. The molecule has 2 heterocycles. The van der Waals surface area contributed by atoms with Crippen LogP contribution in [0.3, 0.4) is 0 Å². The molecule has 0 saturated carbocycles. The maximum Gasteiger partial charge on any atom is 0.267 e. The van der Waals surface area contributed by atoms with Gasteiger partial charge in [-0.2, -0.15) is 4.31 Å². The Bertz CT molecular complexity index is 1030. The van der Waals surface area contributed by atoms with Gasteiger partial charge in [0.2, 0.25) is 16.1 Å². The molecule has 0 aliphatic carbocycles. The molecule has 8 nitrogen and oxygen atoms in total. The number of carbonyl (C=O) groups excluding carboxylic acids is 1. The first-order valence-corrected chi connectivity index (χ1v) is 12.3. The molecule has 1 saturated heterocycles. The minimum Gasteiger partial charge on any atom is -0.494 e. The molecule has 0 spiro atoms. The minimum absolute atomic E-state index is 0.140. The number of sulfonamides is 1. The summed E-state index contributed by atoms with van der Waals surface area (Å²) in [5, 5.41) is 0. The van der Waals surface area contributed by atoms with Crippen molar-refractivity contribution in [1.82, 2.24) is 9.21 Å². The predicted octanol–water partition coefficient (Wildman–Crippen LogP) is 2.54. The van der Waals surface area contributed by atoms with Crippen molar-refractivity contribution in [1.29, 1.82) is 0 Å². The maximum absolute atomic E-state index is 13.0. The number of hydrogen-bond donors (Lipinski definition) is 0. The number of ether oxygens (including phenoxy) is 3. The van der Waals surface area contributed by atoms with Crippen LogP contribution in [0.25, 0.3) is 0 Å². The van der Waals surface area contributed by atoms with E-state index in [1.54, 1.807) is 41.3 Å². The van der Waals surface area contributed by atoms with Crippen LogP contribution in [-0.2, 0) is 14.8 Å². The van der Waals surface area contributed by atoms with Gasteiger partial charge in [0.15, 0.2) is 11.5 Å². The molecule has 2 aromatic carbocycles. The second-order valence-electron chi connectivity index (χ2n) is 7.77. The first-order valence-electron chi connectivity index (χ1n) is 10.9. The second-order valence-corrected chi connectivity index (χ2v) is 9.70. The summed E-state index contributed by atoms with van der Waals surface area (Å²) in [5.41, 5.74) is 0. The Labute approximate surface area is 188 Å². The number of unbranched alkanes of at least 4 members (excludes halogenated alkanes) is 1. The van der Waals surface area contributed by atoms with Crippen LogP contribution in [0.5, 0.6) is 17.2 Å². The third kappa shape index (κ3) is 4.83. The summed E-state index contributed by atoms with van der Waals surface area (Å²) in [7, 11) is -3.63. The van der Waals surface area contributed by atoms with Crippen molar-refractivity contribution in [2.24, 2.45) is 0 Å². The third-order valence-corrected chi connectivity index (χ3v) is 7.48.